The Bertz CT molecular complexity index is 1440. The number of fused-ring (bicyclic) bond motifs is 1. The van der Waals surface area contributed by atoms with Crippen molar-refractivity contribution in [2.75, 3.05) is 31.1 Å². The molecule has 0 radical (unpaired) electrons. The third kappa shape index (κ3) is 4.38. The molecule has 3 heterocycles. The van der Waals surface area contributed by atoms with Crippen molar-refractivity contribution >= 4 is 16.7 Å². The highest BCUT2D eigenvalue weighted by Gasteiger charge is 2.21. The van der Waals surface area contributed by atoms with Gasteiger partial charge in [-0.2, -0.15) is 5.10 Å². The van der Waals surface area contributed by atoms with Gasteiger partial charge in [0, 0.05) is 55.4 Å². The lowest BCUT2D eigenvalue weighted by Gasteiger charge is -2.35. The fourth-order valence-corrected chi connectivity index (χ4v) is 4.76. The Balaban J connectivity index is 1.28. The van der Waals surface area contributed by atoms with Gasteiger partial charge < -0.3 is 4.90 Å². The first kappa shape index (κ1) is 21.4. The van der Waals surface area contributed by atoms with E-state index < -0.39 is 0 Å². The molecule has 6 rings (SSSR count). The van der Waals surface area contributed by atoms with Crippen LogP contribution in [0.5, 0.6) is 0 Å². The summed E-state index contributed by atoms with van der Waals surface area (Å²) in [5.74, 6) is 0.699. The molecular formula is C28H25FN6. The molecule has 0 saturated carbocycles. The van der Waals surface area contributed by atoms with Crippen molar-refractivity contribution in [3.63, 3.8) is 0 Å². The molecule has 6 nitrogen and oxygen atoms in total. The number of aromatic nitrogens is 4. The molecule has 1 saturated heterocycles. The molecule has 1 aliphatic heterocycles. The zero-order valence-corrected chi connectivity index (χ0v) is 19.2. The monoisotopic (exact) mass is 464 g/mol. The maximum absolute atomic E-state index is 13.4. The largest absolute Gasteiger partial charge is 0.353 e. The molecule has 5 aromatic rings. The number of anilines is 1. The van der Waals surface area contributed by atoms with Crippen molar-refractivity contribution in [3.05, 3.63) is 96.7 Å². The summed E-state index contributed by atoms with van der Waals surface area (Å²) in [4.78, 5) is 14.0. The minimum Gasteiger partial charge on any atom is -0.353 e. The quantitative estimate of drug-likeness (QED) is 0.390. The van der Waals surface area contributed by atoms with E-state index in [4.69, 9.17) is 0 Å². The zero-order valence-electron chi connectivity index (χ0n) is 19.2. The molecule has 2 aromatic heterocycles. The highest BCUT2D eigenvalue weighted by Crippen LogP contribution is 2.34. The summed E-state index contributed by atoms with van der Waals surface area (Å²) >= 11 is 0. The van der Waals surface area contributed by atoms with Crippen LogP contribution in [-0.4, -0.2) is 51.2 Å². The second-order valence-corrected chi connectivity index (χ2v) is 8.83. The van der Waals surface area contributed by atoms with Gasteiger partial charge in [0.25, 0.3) is 0 Å². The summed E-state index contributed by atoms with van der Waals surface area (Å²) in [5.41, 5.74) is 5.89. The number of hydrogen-bond donors (Lipinski definition) is 1. The lowest BCUT2D eigenvalue weighted by molar-refractivity contribution is 0.249. The Morgan fingerprint density at radius 2 is 1.60 bits per heavy atom. The van der Waals surface area contributed by atoms with Crippen LogP contribution in [0.1, 0.15) is 5.56 Å². The third-order valence-electron chi connectivity index (χ3n) is 6.60. The molecule has 1 aliphatic rings. The Kier molecular flexibility index (Phi) is 5.68. The molecular weight excluding hydrogens is 439 g/mol. The minimum atomic E-state index is -0.262. The number of piperazine rings is 1. The highest BCUT2D eigenvalue weighted by molar-refractivity contribution is 5.94. The predicted octanol–water partition coefficient (Wildman–Crippen LogP) is 5.15. The van der Waals surface area contributed by atoms with Crippen molar-refractivity contribution in [2.45, 2.75) is 6.54 Å². The van der Waals surface area contributed by atoms with Crippen molar-refractivity contribution < 1.29 is 4.39 Å². The molecule has 3 aromatic carbocycles. The van der Waals surface area contributed by atoms with E-state index in [-0.39, 0.29) is 5.82 Å². The Labute approximate surface area is 203 Å². The summed E-state index contributed by atoms with van der Waals surface area (Å²) in [7, 11) is 0. The number of halogens is 1. The van der Waals surface area contributed by atoms with Crippen LogP contribution in [0.3, 0.4) is 0 Å². The van der Waals surface area contributed by atoms with E-state index in [1.165, 1.54) is 17.7 Å². The van der Waals surface area contributed by atoms with Crippen molar-refractivity contribution in [3.8, 4) is 22.4 Å². The fraction of sp³-hybridized carbons (Fsp3) is 0.179. The molecule has 0 bridgehead atoms. The van der Waals surface area contributed by atoms with Crippen LogP contribution in [0.2, 0.25) is 0 Å². The second kappa shape index (κ2) is 9.27. The van der Waals surface area contributed by atoms with Gasteiger partial charge in [-0.3, -0.25) is 10.00 Å². The summed E-state index contributed by atoms with van der Waals surface area (Å²) in [6.07, 6.45) is 3.53. The van der Waals surface area contributed by atoms with E-state index in [0.717, 1.165) is 71.8 Å². The van der Waals surface area contributed by atoms with E-state index in [1.807, 2.05) is 12.3 Å². The molecule has 0 unspecified atom stereocenters. The minimum absolute atomic E-state index is 0.262. The molecule has 174 valence electrons. The smallest absolute Gasteiger partial charge is 0.139 e. The van der Waals surface area contributed by atoms with Crippen LogP contribution in [0.15, 0.2) is 85.3 Å². The Morgan fingerprint density at radius 3 is 2.40 bits per heavy atom. The summed E-state index contributed by atoms with van der Waals surface area (Å²) in [6, 6.07) is 23.2. The van der Waals surface area contributed by atoms with Gasteiger partial charge in [0.1, 0.15) is 18.0 Å². The SMILES string of the molecule is Fc1ccc(-c2n[nH]cc2-c2ccc3ncnc(N4CCN(Cc5ccccc5)CC4)c3c2)cc1. The van der Waals surface area contributed by atoms with Crippen LogP contribution in [-0.2, 0) is 6.54 Å². The number of nitrogens with zero attached hydrogens (tertiary/aromatic N) is 5. The number of H-pyrrole nitrogens is 1. The average Bonchev–Trinajstić information content (AvgIpc) is 3.40. The van der Waals surface area contributed by atoms with Crippen molar-refractivity contribution in [1.29, 1.82) is 0 Å². The first-order chi connectivity index (χ1) is 17.2. The summed E-state index contributed by atoms with van der Waals surface area (Å²) in [6.45, 7) is 4.76. The van der Waals surface area contributed by atoms with Crippen LogP contribution in [0.25, 0.3) is 33.3 Å². The zero-order chi connectivity index (χ0) is 23.6. The van der Waals surface area contributed by atoms with E-state index in [9.17, 15) is 4.39 Å². The van der Waals surface area contributed by atoms with Crippen molar-refractivity contribution in [2.24, 2.45) is 0 Å². The maximum atomic E-state index is 13.4. The standard InChI is InChI=1S/C28H25FN6/c29-23-9-6-21(7-10-23)27-25(17-32-33-27)22-8-11-26-24(16-22)28(31-19-30-26)35-14-12-34(13-15-35)18-20-4-2-1-3-5-20/h1-11,16-17,19H,12-15,18H2,(H,32,33). The van der Waals surface area contributed by atoms with Gasteiger partial charge in [0.2, 0.25) is 0 Å². The fourth-order valence-electron chi connectivity index (χ4n) is 4.76. The molecule has 0 aliphatic carbocycles. The van der Waals surface area contributed by atoms with Gasteiger partial charge in [-0.1, -0.05) is 36.4 Å². The van der Waals surface area contributed by atoms with Crippen LogP contribution in [0.4, 0.5) is 10.2 Å². The van der Waals surface area contributed by atoms with Gasteiger partial charge in [-0.15, -0.1) is 0 Å². The van der Waals surface area contributed by atoms with Gasteiger partial charge in [0.15, 0.2) is 0 Å². The lowest BCUT2D eigenvalue weighted by Crippen LogP contribution is -2.46. The number of rotatable bonds is 5. The molecule has 0 spiro atoms. The molecule has 1 fully saturated rings. The molecule has 7 heteroatoms. The normalized spacial score (nSPS) is 14.5. The number of aromatic amines is 1. The third-order valence-corrected chi connectivity index (χ3v) is 6.60. The van der Waals surface area contributed by atoms with Crippen LogP contribution >= 0.6 is 0 Å². The lowest BCUT2D eigenvalue weighted by atomic mass is 10.00. The second-order valence-electron chi connectivity index (χ2n) is 8.83. The van der Waals surface area contributed by atoms with Gasteiger partial charge in [0.05, 0.1) is 11.2 Å². The Hall–Kier alpha value is -4.10. The first-order valence-corrected chi connectivity index (χ1v) is 11.8. The molecule has 35 heavy (non-hydrogen) atoms. The van der Waals surface area contributed by atoms with E-state index in [0.29, 0.717) is 0 Å². The van der Waals surface area contributed by atoms with Gasteiger partial charge in [-0.05, 0) is 47.5 Å². The van der Waals surface area contributed by atoms with Crippen molar-refractivity contribution in [1.82, 2.24) is 25.1 Å². The van der Waals surface area contributed by atoms with E-state index in [1.54, 1.807) is 18.5 Å². The predicted molar refractivity (Wildman–Crippen MR) is 136 cm³/mol. The highest BCUT2D eigenvalue weighted by atomic mass is 19.1. The number of benzene rings is 3. The van der Waals surface area contributed by atoms with Crippen LogP contribution < -0.4 is 4.90 Å². The molecule has 0 atom stereocenters. The summed E-state index contributed by atoms with van der Waals surface area (Å²) in [5, 5.41) is 8.42. The maximum Gasteiger partial charge on any atom is 0.139 e. The number of hydrogen-bond acceptors (Lipinski definition) is 5. The van der Waals surface area contributed by atoms with Gasteiger partial charge in [-0.25, -0.2) is 14.4 Å². The topological polar surface area (TPSA) is 60.9 Å². The summed E-state index contributed by atoms with van der Waals surface area (Å²) < 4.78 is 13.4. The molecule has 1 N–H and O–H groups in total. The first-order valence-electron chi connectivity index (χ1n) is 11.8. The van der Waals surface area contributed by atoms with E-state index in [2.05, 4.69) is 72.4 Å². The average molecular weight is 465 g/mol. The Morgan fingerprint density at radius 1 is 0.829 bits per heavy atom. The molecule has 0 amide bonds. The van der Waals surface area contributed by atoms with Crippen LogP contribution in [0, 0.1) is 5.82 Å². The van der Waals surface area contributed by atoms with E-state index >= 15 is 0 Å². The van der Waals surface area contributed by atoms with Gasteiger partial charge >= 0.3 is 0 Å². The number of nitrogens with one attached hydrogen (secondary N) is 1.